The summed E-state index contributed by atoms with van der Waals surface area (Å²) in [4.78, 5) is 8.88. The minimum Gasteiger partial charge on any atom is -0.370 e. The lowest BCUT2D eigenvalue weighted by atomic mass is 9.95. The van der Waals surface area contributed by atoms with Gasteiger partial charge in [-0.2, -0.15) is 0 Å². The van der Waals surface area contributed by atoms with Crippen molar-refractivity contribution in [2.45, 2.75) is 33.1 Å². The first-order valence-electron chi connectivity index (χ1n) is 6.90. The van der Waals surface area contributed by atoms with Gasteiger partial charge in [-0.25, -0.2) is 18.7 Å². The largest absolute Gasteiger partial charge is 0.370 e. The Kier molecular flexibility index (Phi) is 4.21. The monoisotopic (exact) mass is 291 g/mol. The second kappa shape index (κ2) is 5.76. The predicted molar refractivity (Wildman–Crippen MR) is 80.2 cm³/mol. The standard InChI is InChI=1S/C16H19F2N3/c1-5-19-14-9-13(20-15(21-14)16(2,3)4)11-7-6-10(17)8-12(11)18/h6-9H,5H2,1-4H3,(H,19,20,21). The number of nitrogens with zero attached hydrogens (tertiary/aromatic N) is 2. The Morgan fingerprint density at radius 3 is 2.38 bits per heavy atom. The molecular weight excluding hydrogens is 272 g/mol. The van der Waals surface area contributed by atoms with Gasteiger partial charge in [0.2, 0.25) is 0 Å². The Morgan fingerprint density at radius 2 is 1.81 bits per heavy atom. The molecule has 0 fully saturated rings. The average molecular weight is 291 g/mol. The van der Waals surface area contributed by atoms with Gasteiger partial charge in [-0.1, -0.05) is 20.8 Å². The molecular formula is C16H19F2N3. The van der Waals surface area contributed by atoms with Gasteiger partial charge in [0.25, 0.3) is 0 Å². The van der Waals surface area contributed by atoms with E-state index >= 15 is 0 Å². The third-order valence-electron chi connectivity index (χ3n) is 2.96. The Balaban J connectivity index is 2.59. The Bertz CT molecular complexity index is 648. The van der Waals surface area contributed by atoms with Crippen LogP contribution in [-0.2, 0) is 5.41 Å². The lowest BCUT2D eigenvalue weighted by molar-refractivity contribution is 0.546. The van der Waals surface area contributed by atoms with E-state index in [1.165, 1.54) is 12.1 Å². The molecule has 1 heterocycles. The lowest BCUT2D eigenvalue weighted by Crippen LogP contribution is -2.18. The third-order valence-corrected chi connectivity index (χ3v) is 2.96. The van der Waals surface area contributed by atoms with Crippen LogP contribution in [0.25, 0.3) is 11.3 Å². The van der Waals surface area contributed by atoms with Crippen LogP contribution in [0.4, 0.5) is 14.6 Å². The minimum atomic E-state index is -0.629. The lowest BCUT2D eigenvalue weighted by Gasteiger charge is -2.19. The Hall–Kier alpha value is -2.04. The molecule has 0 bridgehead atoms. The maximum atomic E-state index is 14.0. The van der Waals surface area contributed by atoms with Gasteiger partial charge in [0.05, 0.1) is 5.69 Å². The van der Waals surface area contributed by atoms with Gasteiger partial charge in [0.15, 0.2) is 0 Å². The molecule has 2 aromatic rings. The van der Waals surface area contributed by atoms with E-state index in [0.29, 0.717) is 23.9 Å². The van der Waals surface area contributed by atoms with Crippen molar-refractivity contribution < 1.29 is 8.78 Å². The molecule has 0 amide bonds. The number of hydrogen-bond acceptors (Lipinski definition) is 3. The highest BCUT2D eigenvalue weighted by Gasteiger charge is 2.20. The highest BCUT2D eigenvalue weighted by Crippen LogP contribution is 2.27. The van der Waals surface area contributed by atoms with Crippen molar-refractivity contribution in [3.63, 3.8) is 0 Å². The zero-order valence-electron chi connectivity index (χ0n) is 12.7. The van der Waals surface area contributed by atoms with Crippen LogP contribution in [0.2, 0.25) is 0 Å². The van der Waals surface area contributed by atoms with Crippen LogP contribution in [0.1, 0.15) is 33.5 Å². The van der Waals surface area contributed by atoms with Gasteiger partial charge in [-0.15, -0.1) is 0 Å². The van der Waals surface area contributed by atoms with Gasteiger partial charge < -0.3 is 5.32 Å². The molecule has 2 rings (SSSR count). The van der Waals surface area contributed by atoms with Crippen LogP contribution in [0, 0.1) is 11.6 Å². The molecule has 0 atom stereocenters. The van der Waals surface area contributed by atoms with Crippen LogP contribution < -0.4 is 5.32 Å². The van der Waals surface area contributed by atoms with Crippen molar-refractivity contribution in [1.82, 2.24) is 9.97 Å². The first kappa shape index (κ1) is 15.4. The molecule has 21 heavy (non-hydrogen) atoms. The summed E-state index contributed by atoms with van der Waals surface area (Å²) >= 11 is 0. The molecule has 0 aliphatic heterocycles. The molecule has 1 N–H and O–H groups in total. The van der Waals surface area contributed by atoms with Crippen molar-refractivity contribution >= 4 is 5.82 Å². The SMILES string of the molecule is CCNc1cc(-c2ccc(F)cc2F)nc(C(C)(C)C)n1. The number of nitrogens with one attached hydrogen (secondary N) is 1. The summed E-state index contributed by atoms with van der Waals surface area (Å²) in [5.74, 6) is 0.0140. The fourth-order valence-electron chi connectivity index (χ4n) is 1.89. The van der Waals surface area contributed by atoms with E-state index < -0.39 is 11.6 Å². The van der Waals surface area contributed by atoms with E-state index in [4.69, 9.17) is 0 Å². The molecule has 0 saturated heterocycles. The van der Waals surface area contributed by atoms with E-state index in [0.717, 1.165) is 6.07 Å². The fraction of sp³-hybridized carbons (Fsp3) is 0.375. The number of anilines is 1. The summed E-state index contributed by atoms with van der Waals surface area (Å²) < 4.78 is 27.0. The highest BCUT2D eigenvalue weighted by atomic mass is 19.1. The van der Waals surface area contributed by atoms with E-state index in [2.05, 4.69) is 15.3 Å². The van der Waals surface area contributed by atoms with E-state index in [9.17, 15) is 8.78 Å². The van der Waals surface area contributed by atoms with Gasteiger partial charge in [-0.05, 0) is 19.1 Å². The van der Waals surface area contributed by atoms with E-state index in [1.807, 2.05) is 27.7 Å². The second-order valence-corrected chi connectivity index (χ2v) is 5.87. The number of benzene rings is 1. The van der Waals surface area contributed by atoms with Gasteiger partial charge in [-0.3, -0.25) is 0 Å². The van der Waals surface area contributed by atoms with Gasteiger partial charge in [0, 0.05) is 29.7 Å². The van der Waals surface area contributed by atoms with Crippen LogP contribution in [-0.4, -0.2) is 16.5 Å². The average Bonchev–Trinajstić information content (AvgIpc) is 2.37. The van der Waals surface area contributed by atoms with E-state index in [-0.39, 0.29) is 11.0 Å². The van der Waals surface area contributed by atoms with Gasteiger partial charge >= 0.3 is 0 Å². The zero-order chi connectivity index (χ0) is 15.6. The molecule has 0 aliphatic rings. The molecule has 3 nitrogen and oxygen atoms in total. The normalized spacial score (nSPS) is 11.5. The van der Waals surface area contributed by atoms with Crippen LogP contribution in [0.3, 0.4) is 0 Å². The predicted octanol–water partition coefficient (Wildman–Crippen LogP) is 4.15. The Morgan fingerprint density at radius 1 is 1.10 bits per heavy atom. The third kappa shape index (κ3) is 3.54. The smallest absolute Gasteiger partial charge is 0.136 e. The highest BCUT2D eigenvalue weighted by molar-refractivity contribution is 5.63. The van der Waals surface area contributed by atoms with Crippen LogP contribution in [0.5, 0.6) is 0 Å². The van der Waals surface area contributed by atoms with Crippen LogP contribution in [0.15, 0.2) is 24.3 Å². The summed E-state index contributed by atoms with van der Waals surface area (Å²) in [7, 11) is 0. The molecule has 1 aromatic heterocycles. The summed E-state index contributed by atoms with van der Waals surface area (Å²) in [6.07, 6.45) is 0. The summed E-state index contributed by atoms with van der Waals surface area (Å²) in [5.41, 5.74) is 0.447. The molecule has 112 valence electrons. The molecule has 0 radical (unpaired) electrons. The number of rotatable bonds is 3. The molecule has 0 spiro atoms. The summed E-state index contributed by atoms with van der Waals surface area (Å²) in [6, 6.07) is 5.16. The van der Waals surface area contributed by atoms with Crippen molar-refractivity contribution in [1.29, 1.82) is 0 Å². The molecule has 1 aromatic carbocycles. The minimum absolute atomic E-state index is 0.267. The molecule has 0 unspecified atom stereocenters. The molecule has 0 aliphatic carbocycles. The maximum absolute atomic E-state index is 14.0. The first-order chi connectivity index (χ1) is 9.81. The van der Waals surface area contributed by atoms with Crippen molar-refractivity contribution in [3.05, 3.63) is 41.7 Å². The topological polar surface area (TPSA) is 37.8 Å². The second-order valence-electron chi connectivity index (χ2n) is 5.87. The van der Waals surface area contributed by atoms with Crippen molar-refractivity contribution in [2.24, 2.45) is 0 Å². The van der Waals surface area contributed by atoms with E-state index in [1.54, 1.807) is 6.07 Å². The zero-order valence-corrected chi connectivity index (χ0v) is 12.7. The quantitative estimate of drug-likeness (QED) is 0.923. The van der Waals surface area contributed by atoms with Crippen LogP contribution >= 0.6 is 0 Å². The summed E-state index contributed by atoms with van der Waals surface area (Å²) in [6.45, 7) is 8.62. The molecule has 5 heteroatoms. The summed E-state index contributed by atoms with van der Waals surface area (Å²) in [5, 5.41) is 3.11. The number of aromatic nitrogens is 2. The first-order valence-corrected chi connectivity index (χ1v) is 6.90. The van der Waals surface area contributed by atoms with Gasteiger partial charge in [0.1, 0.15) is 23.3 Å². The Labute approximate surface area is 123 Å². The number of halogens is 2. The van der Waals surface area contributed by atoms with Crippen molar-refractivity contribution in [2.75, 3.05) is 11.9 Å². The molecule has 0 saturated carbocycles. The van der Waals surface area contributed by atoms with Crippen molar-refractivity contribution in [3.8, 4) is 11.3 Å². The maximum Gasteiger partial charge on any atom is 0.136 e. The fourth-order valence-corrected chi connectivity index (χ4v) is 1.89. The number of hydrogen-bond donors (Lipinski definition) is 1.